The van der Waals surface area contributed by atoms with E-state index in [4.69, 9.17) is 14.2 Å². The molecule has 142 valence electrons. The highest BCUT2D eigenvalue weighted by atomic mass is 16.5. The molecule has 1 aliphatic heterocycles. The number of rotatable bonds is 3. The smallest absolute Gasteiger partial charge is 0.260 e. The maximum absolute atomic E-state index is 5.68. The second-order valence-electron chi connectivity index (χ2n) is 7.23. The Bertz CT molecular complexity index is 1130. The zero-order chi connectivity index (χ0) is 19.1. The standard InChI is InChI=1S/C20H20N6O2/c1-13-3-5-14(6-4-13)20(8-11-27-12-9-20)19-22-18(28-24-19)15-7-10-21-17-16(15)23-25-26(17)2/h3-7,10H,8-9,11-12H2,1-2H3. The van der Waals surface area contributed by atoms with E-state index >= 15 is 0 Å². The van der Waals surface area contributed by atoms with E-state index in [-0.39, 0.29) is 5.41 Å². The van der Waals surface area contributed by atoms with Gasteiger partial charge in [-0.05, 0) is 31.4 Å². The fourth-order valence-corrected chi connectivity index (χ4v) is 3.87. The molecule has 8 nitrogen and oxygen atoms in total. The highest BCUT2D eigenvalue weighted by Gasteiger charge is 2.41. The van der Waals surface area contributed by atoms with Crippen molar-refractivity contribution >= 4 is 11.2 Å². The van der Waals surface area contributed by atoms with E-state index in [0.29, 0.717) is 36.1 Å². The fraction of sp³-hybridized carbons (Fsp3) is 0.350. The maximum Gasteiger partial charge on any atom is 0.260 e. The predicted octanol–water partition coefficient (Wildman–Crippen LogP) is 2.82. The van der Waals surface area contributed by atoms with Gasteiger partial charge in [0.15, 0.2) is 11.5 Å². The number of aryl methyl sites for hydroxylation is 2. The van der Waals surface area contributed by atoms with Gasteiger partial charge in [-0.1, -0.05) is 40.2 Å². The average Bonchev–Trinajstić information content (AvgIpc) is 3.37. The number of ether oxygens (including phenoxy) is 1. The van der Waals surface area contributed by atoms with Crippen molar-refractivity contribution in [1.29, 1.82) is 0 Å². The summed E-state index contributed by atoms with van der Waals surface area (Å²) < 4.78 is 12.9. The van der Waals surface area contributed by atoms with Crippen LogP contribution in [0.15, 0.2) is 41.1 Å². The monoisotopic (exact) mass is 376 g/mol. The van der Waals surface area contributed by atoms with Crippen molar-refractivity contribution < 1.29 is 9.26 Å². The van der Waals surface area contributed by atoms with Gasteiger partial charge in [0.05, 0.1) is 11.0 Å². The third kappa shape index (κ3) is 2.60. The number of benzene rings is 1. The van der Waals surface area contributed by atoms with E-state index in [1.54, 1.807) is 17.9 Å². The third-order valence-electron chi connectivity index (χ3n) is 5.53. The molecule has 4 heterocycles. The number of hydrogen-bond donors (Lipinski definition) is 0. The summed E-state index contributed by atoms with van der Waals surface area (Å²) in [5.41, 5.74) is 4.16. The van der Waals surface area contributed by atoms with Gasteiger partial charge < -0.3 is 9.26 Å². The fourth-order valence-electron chi connectivity index (χ4n) is 3.87. The number of pyridine rings is 1. The summed E-state index contributed by atoms with van der Waals surface area (Å²) in [6.07, 6.45) is 3.33. The predicted molar refractivity (Wildman–Crippen MR) is 102 cm³/mol. The molecule has 1 aromatic carbocycles. The highest BCUT2D eigenvalue weighted by molar-refractivity contribution is 5.86. The molecular weight excluding hydrogens is 356 g/mol. The Balaban J connectivity index is 1.62. The first-order chi connectivity index (χ1) is 13.7. The summed E-state index contributed by atoms with van der Waals surface area (Å²) >= 11 is 0. The summed E-state index contributed by atoms with van der Waals surface area (Å²) in [7, 11) is 1.81. The third-order valence-corrected chi connectivity index (χ3v) is 5.53. The van der Waals surface area contributed by atoms with Gasteiger partial charge >= 0.3 is 0 Å². The van der Waals surface area contributed by atoms with Crippen LogP contribution >= 0.6 is 0 Å². The molecule has 0 atom stereocenters. The minimum absolute atomic E-state index is 0.317. The highest BCUT2D eigenvalue weighted by Crippen LogP contribution is 2.40. The van der Waals surface area contributed by atoms with Crippen LogP contribution < -0.4 is 0 Å². The maximum atomic E-state index is 5.68. The molecule has 0 N–H and O–H groups in total. The quantitative estimate of drug-likeness (QED) is 0.543. The molecule has 1 fully saturated rings. The lowest BCUT2D eigenvalue weighted by atomic mass is 9.73. The molecule has 0 spiro atoms. The first-order valence-electron chi connectivity index (χ1n) is 9.31. The van der Waals surface area contributed by atoms with Crippen molar-refractivity contribution in [3.8, 4) is 11.5 Å². The van der Waals surface area contributed by atoms with Crippen LogP contribution in [0.3, 0.4) is 0 Å². The van der Waals surface area contributed by atoms with E-state index in [9.17, 15) is 0 Å². The second-order valence-corrected chi connectivity index (χ2v) is 7.23. The largest absolute Gasteiger partial charge is 0.381 e. The van der Waals surface area contributed by atoms with E-state index in [2.05, 4.69) is 51.6 Å². The zero-order valence-electron chi connectivity index (χ0n) is 15.8. The zero-order valence-corrected chi connectivity index (χ0v) is 15.8. The molecule has 1 aliphatic rings. The summed E-state index contributed by atoms with van der Waals surface area (Å²) in [5, 5.41) is 12.6. The minimum Gasteiger partial charge on any atom is -0.381 e. The topological polar surface area (TPSA) is 91.8 Å². The van der Waals surface area contributed by atoms with Crippen molar-refractivity contribution in [2.45, 2.75) is 25.2 Å². The lowest BCUT2D eigenvalue weighted by molar-refractivity contribution is 0.0597. The van der Waals surface area contributed by atoms with Crippen molar-refractivity contribution in [3.05, 3.63) is 53.5 Å². The SMILES string of the molecule is Cc1ccc(C2(c3noc(-c4ccnc5c4nnn5C)n3)CCOCC2)cc1. The average molecular weight is 376 g/mol. The molecular formula is C20H20N6O2. The number of fused-ring (bicyclic) bond motifs is 1. The van der Waals surface area contributed by atoms with Gasteiger partial charge in [0.2, 0.25) is 0 Å². The Labute approximate surface area is 161 Å². The van der Waals surface area contributed by atoms with Crippen molar-refractivity contribution in [2.24, 2.45) is 7.05 Å². The Hall–Kier alpha value is -3.13. The van der Waals surface area contributed by atoms with Crippen LogP contribution in [0, 0.1) is 6.92 Å². The van der Waals surface area contributed by atoms with Gasteiger partial charge in [0, 0.05) is 26.5 Å². The van der Waals surface area contributed by atoms with Gasteiger partial charge in [-0.2, -0.15) is 4.98 Å². The number of hydrogen-bond acceptors (Lipinski definition) is 7. The molecule has 0 bridgehead atoms. The summed E-state index contributed by atoms with van der Waals surface area (Å²) in [5.74, 6) is 1.12. The van der Waals surface area contributed by atoms with Gasteiger partial charge in [0.1, 0.15) is 5.52 Å². The lowest BCUT2D eigenvalue weighted by Crippen LogP contribution is -2.36. The Kier molecular flexibility index (Phi) is 3.94. The Morgan fingerprint density at radius 1 is 1.07 bits per heavy atom. The van der Waals surface area contributed by atoms with Crippen molar-refractivity contribution in [1.82, 2.24) is 30.1 Å². The van der Waals surface area contributed by atoms with Crippen LogP contribution in [0.2, 0.25) is 0 Å². The van der Waals surface area contributed by atoms with E-state index < -0.39 is 0 Å². The number of nitrogens with zero attached hydrogens (tertiary/aromatic N) is 6. The lowest BCUT2D eigenvalue weighted by Gasteiger charge is -2.34. The molecule has 0 saturated carbocycles. The van der Waals surface area contributed by atoms with Crippen LogP contribution in [0.4, 0.5) is 0 Å². The molecule has 1 saturated heterocycles. The van der Waals surface area contributed by atoms with E-state index in [0.717, 1.165) is 18.4 Å². The van der Waals surface area contributed by atoms with Crippen LogP contribution in [-0.4, -0.2) is 43.3 Å². The van der Waals surface area contributed by atoms with Crippen molar-refractivity contribution in [2.75, 3.05) is 13.2 Å². The van der Waals surface area contributed by atoms with Crippen LogP contribution in [-0.2, 0) is 17.2 Å². The van der Waals surface area contributed by atoms with Gasteiger partial charge in [0.25, 0.3) is 5.89 Å². The van der Waals surface area contributed by atoms with E-state index in [1.807, 2.05) is 6.07 Å². The van der Waals surface area contributed by atoms with Gasteiger partial charge in [-0.15, -0.1) is 5.10 Å². The molecule has 5 rings (SSSR count). The number of aromatic nitrogens is 6. The van der Waals surface area contributed by atoms with Gasteiger partial charge in [-0.25, -0.2) is 9.67 Å². The Morgan fingerprint density at radius 3 is 2.64 bits per heavy atom. The molecule has 4 aromatic rings. The molecule has 0 unspecified atom stereocenters. The molecule has 3 aromatic heterocycles. The molecule has 8 heteroatoms. The summed E-state index contributed by atoms with van der Waals surface area (Å²) in [6.45, 7) is 3.42. The summed E-state index contributed by atoms with van der Waals surface area (Å²) in [4.78, 5) is 9.12. The first kappa shape index (κ1) is 17.0. The summed E-state index contributed by atoms with van der Waals surface area (Å²) in [6, 6.07) is 10.4. The van der Waals surface area contributed by atoms with Crippen LogP contribution in [0.1, 0.15) is 29.8 Å². The molecule has 0 aliphatic carbocycles. The first-order valence-corrected chi connectivity index (χ1v) is 9.31. The second kappa shape index (κ2) is 6.49. The van der Waals surface area contributed by atoms with Crippen LogP contribution in [0.5, 0.6) is 0 Å². The molecule has 0 radical (unpaired) electrons. The van der Waals surface area contributed by atoms with Gasteiger partial charge in [-0.3, -0.25) is 0 Å². The Morgan fingerprint density at radius 2 is 1.86 bits per heavy atom. The normalized spacial score (nSPS) is 16.5. The molecule has 0 amide bonds. The minimum atomic E-state index is -0.317. The van der Waals surface area contributed by atoms with Crippen LogP contribution in [0.25, 0.3) is 22.6 Å². The van der Waals surface area contributed by atoms with E-state index in [1.165, 1.54) is 11.1 Å². The molecule has 28 heavy (non-hydrogen) atoms. The van der Waals surface area contributed by atoms with Crippen molar-refractivity contribution in [3.63, 3.8) is 0 Å².